The summed E-state index contributed by atoms with van der Waals surface area (Å²) < 4.78 is 18.5. The van der Waals surface area contributed by atoms with E-state index in [9.17, 15) is 14.0 Å². The molecule has 0 aliphatic carbocycles. The molecule has 3 aromatic carbocycles. The van der Waals surface area contributed by atoms with E-state index >= 15 is 0 Å². The smallest absolute Gasteiger partial charge is 0.329 e. The van der Waals surface area contributed by atoms with Crippen molar-refractivity contribution in [3.8, 4) is 5.75 Å². The second kappa shape index (κ2) is 10.2. The van der Waals surface area contributed by atoms with Crippen molar-refractivity contribution in [2.45, 2.75) is 6.61 Å². The van der Waals surface area contributed by atoms with Crippen LogP contribution in [0.3, 0.4) is 0 Å². The third-order valence-electron chi connectivity index (χ3n) is 3.92. The minimum atomic E-state index is -0.949. The Bertz CT molecular complexity index is 1050. The number of hydrogen-bond acceptors (Lipinski definition) is 4. The van der Waals surface area contributed by atoms with E-state index in [1.807, 2.05) is 18.2 Å². The number of nitrogens with one attached hydrogen (secondary N) is 2. The van der Waals surface area contributed by atoms with Gasteiger partial charge in [-0.3, -0.25) is 9.59 Å². The van der Waals surface area contributed by atoms with Gasteiger partial charge in [0.15, 0.2) is 0 Å². The van der Waals surface area contributed by atoms with Crippen LogP contribution in [0.2, 0.25) is 5.02 Å². The Balaban J connectivity index is 1.47. The fourth-order valence-electron chi connectivity index (χ4n) is 2.36. The van der Waals surface area contributed by atoms with Gasteiger partial charge in [-0.1, -0.05) is 29.8 Å². The first-order valence-corrected chi connectivity index (χ1v) is 9.25. The number of rotatable bonds is 6. The van der Waals surface area contributed by atoms with Crippen molar-refractivity contribution < 1.29 is 18.7 Å². The van der Waals surface area contributed by atoms with Crippen molar-refractivity contribution in [1.82, 2.24) is 5.43 Å². The lowest BCUT2D eigenvalue weighted by Gasteiger charge is -2.07. The molecular formula is C22H17ClFN3O3. The highest BCUT2D eigenvalue weighted by molar-refractivity contribution is 6.39. The number of ether oxygens (including phenoxy) is 1. The summed E-state index contributed by atoms with van der Waals surface area (Å²) in [5, 5.41) is 6.73. The minimum absolute atomic E-state index is 0.299. The number of halogens is 2. The molecule has 2 amide bonds. The van der Waals surface area contributed by atoms with Gasteiger partial charge in [-0.05, 0) is 60.2 Å². The third kappa shape index (κ3) is 6.15. The number of anilines is 1. The lowest BCUT2D eigenvalue weighted by molar-refractivity contribution is -0.136. The van der Waals surface area contributed by atoms with Gasteiger partial charge in [0.2, 0.25) is 0 Å². The maximum atomic E-state index is 12.8. The molecule has 0 saturated heterocycles. The van der Waals surface area contributed by atoms with Crippen LogP contribution in [0.1, 0.15) is 11.1 Å². The first-order chi connectivity index (χ1) is 14.5. The van der Waals surface area contributed by atoms with Gasteiger partial charge in [0.05, 0.1) is 6.21 Å². The van der Waals surface area contributed by atoms with Crippen LogP contribution in [0.15, 0.2) is 77.9 Å². The highest BCUT2D eigenvalue weighted by Crippen LogP contribution is 2.18. The average Bonchev–Trinajstić information content (AvgIpc) is 2.75. The molecule has 0 radical (unpaired) electrons. The number of carbonyl (C=O) groups excluding carboxylic acids is 2. The zero-order chi connectivity index (χ0) is 21.3. The number of hydrazone groups is 1. The van der Waals surface area contributed by atoms with Gasteiger partial charge >= 0.3 is 11.8 Å². The predicted octanol–water partition coefficient (Wildman–Crippen LogP) is 4.15. The van der Waals surface area contributed by atoms with Crippen molar-refractivity contribution in [2.24, 2.45) is 5.10 Å². The molecule has 3 aromatic rings. The molecule has 0 saturated carbocycles. The normalized spacial score (nSPS) is 10.6. The van der Waals surface area contributed by atoms with Crippen LogP contribution >= 0.6 is 11.6 Å². The lowest BCUT2D eigenvalue weighted by atomic mass is 10.2. The van der Waals surface area contributed by atoms with Gasteiger partial charge in [-0.15, -0.1) is 0 Å². The Kier molecular flexibility index (Phi) is 7.13. The third-order valence-corrected chi connectivity index (χ3v) is 4.29. The van der Waals surface area contributed by atoms with Crippen molar-refractivity contribution >= 4 is 35.3 Å². The van der Waals surface area contributed by atoms with Crippen LogP contribution in [0.25, 0.3) is 0 Å². The van der Waals surface area contributed by atoms with Crippen molar-refractivity contribution in [3.63, 3.8) is 0 Å². The maximum Gasteiger partial charge on any atom is 0.329 e. The Morgan fingerprint density at radius 3 is 2.37 bits per heavy atom. The predicted molar refractivity (Wildman–Crippen MR) is 113 cm³/mol. The molecule has 0 spiro atoms. The summed E-state index contributed by atoms with van der Waals surface area (Å²) in [7, 11) is 0. The number of nitrogens with zero attached hydrogens (tertiary/aromatic N) is 1. The van der Waals surface area contributed by atoms with E-state index in [1.54, 1.807) is 30.3 Å². The number of carbonyl (C=O) groups is 2. The van der Waals surface area contributed by atoms with Crippen molar-refractivity contribution in [2.75, 3.05) is 5.32 Å². The number of hydrogen-bond donors (Lipinski definition) is 2. The van der Waals surface area contributed by atoms with E-state index in [0.717, 1.165) is 5.56 Å². The average molecular weight is 426 g/mol. The molecule has 3 rings (SSSR count). The maximum absolute atomic E-state index is 12.8. The van der Waals surface area contributed by atoms with Crippen molar-refractivity contribution in [1.29, 1.82) is 0 Å². The van der Waals surface area contributed by atoms with Crippen LogP contribution in [-0.2, 0) is 16.2 Å². The standard InChI is InChI=1S/C22H17ClFN3O3/c23-20-4-2-1-3-16(20)14-30-19-11-5-15(6-12-19)13-25-27-22(29)21(28)26-18-9-7-17(24)8-10-18/h1-13H,14H2,(H,26,28)(H,27,29)/b25-13-. The van der Waals surface area contributed by atoms with Gasteiger partial charge in [-0.25, -0.2) is 9.82 Å². The van der Waals surface area contributed by atoms with E-state index in [1.165, 1.54) is 30.5 Å². The molecule has 0 aliphatic heterocycles. The molecule has 30 heavy (non-hydrogen) atoms. The fourth-order valence-corrected chi connectivity index (χ4v) is 2.55. The molecule has 0 atom stereocenters. The summed E-state index contributed by atoms with van der Waals surface area (Å²) in [6.45, 7) is 0.340. The molecule has 0 bridgehead atoms. The number of amides is 2. The van der Waals surface area contributed by atoms with E-state index in [2.05, 4.69) is 15.8 Å². The largest absolute Gasteiger partial charge is 0.489 e. The summed E-state index contributed by atoms with van der Waals surface area (Å²) in [5.74, 6) is -1.66. The molecule has 0 aliphatic rings. The van der Waals surface area contributed by atoms with Gasteiger partial charge in [0.1, 0.15) is 18.2 Å². The molecule has 2 N–H and O–H groups in total. The van der Waals surface area contributed by atoms with Crippen molar-refractivity contribution in [3.05, 3.63) is 94.8 Å². The molecular weight excluding hydrogens is 409 g/mol. The fraction of sp³-hybridized carbons (Fsp3) is 0.0455. The monoisotopic (exact) mass is 425 g/mol. The second-order valence-electron chi connectivity index (χ2n) is 6.11. The Labute approximate surface area is 177 Å². The first-order valence-electron chi connectivity index (χ1n) is 8.87. The molecule has 8 heteroatoms. The lowest BCUT2D eigenvalue weighted by Crippen LogP contribution is -2.32. The topological polar surface area (TPSA) is 79.8 Å². The van der Waals surface area contributed by atoms with Gasteiger partial charge in [-0.2, -0.15) is 5.10 Å². The van der Waals surface area contributed by atoms with Crippen LogP contribution in [0.4, 0.5) is 10.1 Å². The molecule has 0 fully saturated rings. The Morgan fingerprint density at radius 2 is 1.67 bits per heavy atom. The number of benzene rings is 3. The van der Waals surface area contributed by atoms with Crippen LogP contribution < -0.4 is 15.5 Å². The summed E-state index contributed by atoms with van der Waals surface area (Å²) in [6.07, 6.45) is 1.39. The SMILES string of the molecule is O=C(N/N=C\c1ccc(OCc2ccccc2Cl)cc1)C(=O)Nc1ccc(F)cc1. The van der Waals surface area contributed by atoms with E-state index in [0.29, 0.717) is 28.6 Å². The first kappa shape index (κ1) is 21.0. The molecule has 0 unspecified atom stereocenters. The zero-order valence-electron chi connectivity index (χ0n) is 15.6. The highest BCUT2D eigenvalue weighted by Gasteiger charge is 2.12. The zero-order valence-corrected chi connectivity index (χ0v) is 16.4. The van der Waals surface area contributed by atoms with Gasteiger partial charge in [0, 0.05) is 16.3 Å². The summed E-state index contributed by atoms with van der Waals surface area (Å²) in [5.41, 5.74) is 4.00. The summed E-state index contributed by atoms with van der Waals surface area (Å²) in [4.78, 5) is 23.5. The summed E-state index contributed by atoms with van der Waals surface area (Å²) >= 11 is 6.10. The van der Waals surface area contributed by atoms with E-state index < -0.39 is 17.6 Å². The van der Waals surface area contributed by atoms with Crippen LogP contribution in [0, 0.1) is 5.82 Å². The van der Waals surface area contributed by atoms with Crippen LogP contribution in [0.5, 0.6) is 5.75 Å². The molecule has 6 nitrogen and oxygen atoms in total. The molecule has 0 aromatic heterocycles. The Morgan fingerprint density at radius 1 is 0.967 bits per heavy atom. The van der Waals surface area contributed by atoms with Gasteiger partial charge < -0.3 is 10.1 Å². The van der Waals surface area contributed by atoms with Gasteiger partial charge in [0.25, 0.3) is 0 Å². The summed E-state index contributed by atoms with van der Waals surface area (Å²) in [6, 6.07) is 19.5. The second-order valence-corrected chi connectivity index (χ2v) is 6.52. The Hall–Kier alpha value is -3.71. The highest BCUT2D eigenvalue weighted by atomic mass is 35.5. The molecule has 152 valence electrons. The minimum Gasteiger partial charge on any atom is -0.489 e. The van der Waals surface area contributed by atoms with Crippen LogP contribution in [-0.4, -0.2) is 18.0 Å². The van der Waals surface area contributed by atoms with E-state index in [-0.39, 0.29) is 0 Å². The quantitative estimate of drug-likeness (QED) is 0.354. The van der Waals surface area contributed by atoms with E-state index in [4.69, 9.17) is 16.3 Å². The molecule has 0 heterocycles.